The molecule has 160 valence electrons. The fraction of sp³-hybridized carbons (Fsp3) is 0.304. The van der Waals surface area contributed by atoms with Crippen LogP contribution in [-0.4, -0.2) is 39.0 Å². The zero-order valence-electron chi connectivity index (χ0n) is 17.3. The maximum absolute atomic E-state index is 14.0. The van der Waals surface area contributed by atoms with Crippen molar-refractivity contribution in [3.8, 4) is 0 Å². The first-order chi connectivity index (χ1) is 15.0. The lowest BCUT2D eigenvalue weighted by Crippen LogP contribution is -2.44. The number of thioether (sulfide) groups is 1. The Morgan fingerprint density at radius 3 is 2.65 bits per heavy atom. The lowest BCUT2D eigenvalue weighted by molar-refractivity contribution is -0.119. The van der Waals surface area contributed by atoms with Gasteiger partial charge in [-0.25, -0.2) is 9.38 Å². The predicted octanol–water partition coefficient (Wildman–Crippen LogP) is 4.73. The van der Waals surface area contributed by atoms with Crippen molar-refractivity contribution in [2.24, 2.45) is 9.98 Å². The van der Waals surface area contributed by atoms with Crippen LogP contribution in [0, 0.1) is 5.82 Å². The third kappa shape index (κ3) is 4.12. The van der Waals surface area contributed by atoms with E-state index < -0.39 is 17.1 Å². The monoisotopic (exact) mass is 438 g/mol. The molecule has 2 aliphatic rings. The Kier molecular flexibility index (Phi) is 6.18. The van der Waals surface area contributed by atoms with Crippen LogP contribution in [0.15, 0.2) is 58.5 Å². The Morgan fingerprint density at radius 2 is 1.90 bits per heavy atom. The minimum atomic E-state index is -0.511. The number of amides is 2. The number of nitrogens with one attached hydrogen (secondary N) is 1. The van der Waals surface area contributed by atoms with Gasteiger partial charge in [-0.1, -0.05) is 56.3 Å². The van der Waals surface area contributed by atoms with Crippen molar-refractivity contribution in [3.05, 3.63) is 59.9 Å². The summed E-state index contributed by atoms with van der Waals surface area (Å²) in [5.41, 5.74) is 1.67. The first kappa shape index (κ1) is 21.2. The molecule has 0 saturated carbocycles. The SMILES string of the molecule is CCCC1C(=O)N=C2c3ccccc3N=C(SC(CC)C(=O)Nc3ccccc3F)N21. The van der Waals surface area contributed by atoms with E-state index in [1.54, 1.807) is 12.1 Å². The topological polar surface area (TPSA) is 74.1 Å². The van der Waals surface area contributed by atoms with E-state index in [-0.39, 0.29) is 17.5 Å². The van der Waals surface area contributed by atoms with Crippen molar-refractivity contribution in [1.29, 1.82) is 0 Å². The molecule has 2 aliphatic heterocycles. The Balaban J connectivity index is 1.64. The summed E-state index contributed by atoms with van der Waals surface area (Å²) in [7, 11) is 0. The van der Waals surface area contributed by atoms with E-state index >= 15 is 0 Å². The summed E-state index contributed by atoms with van der Waals surface area (Å²) in [5, 5.41) is 2.72. The summed E-state index contributed by atoms with van der Waals surface area (Å²) in [6.07, 6.45) is 1.98. The fourth-order valence-corrected chi connectivity index (χ4v) is 4.72. The van der Waals surface area contributed by atoms with Crippen LogP contribution < -0.4 is 5.32 Å². The first-order valence-electron chi connectivity index (χ1n) is 10.3. The number of hydrogen-bond donors (Lipinski definition) is 1. The third-order valence-electron chi connectivity index (χ3n) is 5.21. The van der Waals surface area contributed by atoms with Gasteiger partial charge in [0.1, 0.15) is 17.7 Å². The van der Waals surface area contributed by atoms with Gasteiger partial charge in [-0.15, -0.1) is 0 Å². The number of carbonyl (C=O) groups is 2. The Labute approximate surface area is 184 Å². The number of carbonyl (C=O) groups excluding carboxylic acids is 2. The molecule has 0 aliphatic carbocycles. The van der Waals surface area contributed by atoms with Gasteiger partial charge in [-0.3, -0.25) is 14.5 Å². The van der Waals surface area contributed by atoms with Gasteiger partial charge in [0.25, 0.3) is 5.91 Å². The molecule has 2 aromatic carbocycles. The summed E-state index contributed by atoms with van der Waals surface area (Å²) < 4.78 is 14.0. The number of fused-ring (bicyclic) bond motifs is 3. The van der Waals surface area contributed by atoms with E-state index in [1.807, 2.05) is 43.0 Å². The number of hydrogen-bond acceptors (Lipinski definition) is 5. The van der Waals surface area contributed by atoms with Crippen molar-refractivity contribution in [1.82, 2.24) is 4.90 Å². The molecule has 4 rings (SSSR count). The van der Waals surface area contributed by atoms with Crippen LogP contribution in [0.25, 0.3) is 0 Å². The van der Waals surface area contributed by atoms with Gasteiger partial charge in [0.05, 0.1) is 16.6 Å². The minimum absolute atomic E-state index is 0.143. The number of nitrogens with zero attached hydrogens (tertiary/aromatic N) is 3. The van der Waals surface area contributed by atoms with E-state index in [4.69, 9.17) is 4.99 Å². The number of anilines is 1. The highest BCUT2D eigenvalue weighted by Gasteiger charge is 2.42. The summed E-state index contributed by atoms with van der Waals surface area (Å²) in [4.78, 5) is 36.5. The van der Waals surface area contributed by atoms with Crippen LogP contribution in [-0.2, 0) is 9.59 Å². The summed E-state index contributed by atoms with van der Waals surface area (Å²) in [6.45, 7) is 3.91. The minimum Gasteiger partial charge on any atom is -0.323 e. The standard InChI is InChI=1S/C23H23FN4O2S/c1-3-9-18-21(29)27-20-14-10-5-7-12-16(14)26-23(28(18)20)31-19(4-2)22(30)25-17-13-8-6-11-15(17)24/h5-8,10-13,18-19H,3-4,9H2,1-2H3,(H,25,30). The average Bonchev–Trinajstić information content (AvgIpc) is 3.10. The molecule has 2 amide bonds. The molecule has 2 atom stereocenters. The molecule has 31 heavy (non-hydrogen) atoms. The predicted molar refractivity (Wildman–Crippen MR) is 122 cm³/mol. The Morgan fingerprint density at radius 1 is 1.16 bits per heavy atom. The average molecular weight is 439 g/mol. The van der Waals surface area contributed by atoms with Crippen LogP contribution in [0.3, 0.4) is 0 Å². The number of aliphatic imine (C=N–C) groups is 2. The second kappa shape index (κ2) is 9.01. The summed E-state index contributed by atoms with van der Waals surface area (Å²) >= 11 is 1.28. The first-order valence-corrected chi connectivity index (χ1v) is 11.2. The molecule has 2 aromatic rings. The molecular formula is C23H23FN4O2S. The van der Waals surface area contributed by atoms with Gasteiger partial charge in [0.15, 0.2) is 5.17 Å². The lowest BCUT2D eigenvalue weighted by Gasteiger charge is -2.32. The Bertz CT molecular complexity index is 1080. The molecule has 1 N–H and O–H groups in total. The van der Waals surface area contributed by atoms with E-state index in [0.717, 1.165) is 12.0 Å². The van der Waals surface area contributed by atoms with E-state index in [0.29, 0.717) is 29.5 Å². The van der Waals surface area contributed by atoms with Gasteiger partial charge >= 0.3 is 0 Å². The summed E-state index contributed by atoms with van der Waals surface area (Å²) in [5.74, 6) is -0.399. The summed E-state index contributed by atoms with van der Waals surface area (Å²) in [6, 6.07) is 13.2. The van der Waals surface area contributed by atoms with Crippen molar-refractivity contribution >= 4 is 46.0 Å². The molecule has 0 bridgehead atoms. The smallest absolute Gasteiger partial charge is 0.270 e. The zero-order chi connectivity index (χ0) is 22.0. The maximum Gasteiger partial charge on any atom is 0.270 e. The normalized spacial score (nSPS) is 18.1. The largest absolute Gasteiger partial charge is 0.323 e. The van der Waals surface area contributed by atoms with Gasteiger partial charge in [-0.2, -0.15) is 4.99 Å². The third-order valence-corrected chi connectivity index (χ3v) is 6.54. The van der Waals surface area contributed by atoms with Crippen LogP contribution in [0.2, 0.25) is 0 Å². The highest BCUT2D eigenvalue weighted by Crippen LogP contribution is 2.36. The number of rotatable bonds is 6. The second-order valence-electron chi connectivity index (χ2n) is 7.34. The molecule has 0 fully saturated rings. The van der Waals surface area contributed by atoms with Gasteiger partial charge in [-0.05, 0) is 37.1 Å². The van der Waals surface area contributed by atoms with Gasteiger partial charge < -0.3 is 5.32 Å². The van der Waals surface area contributed by atoms with Crippen LogP contribution in [0.4, 0.5) is 15.8 Å². The highest BCUT2D eigenvalue weighted by molar-refractivity contribution is 8.15. The maximum atomic E-state index is 14.0. The molecule has 0 spiro atoms. The number of para-hydroxylation sites is 2. The quantitative estimate of drug-likeness (QED) is 0.707. The molecule has 6 nitrogen and oxygen atoms in total. The highest BCUT2D eigenvalue weighted by atomic mass is 32.2. The van der Waals surface area contributed by atoms with Gasteiger partial charge in [0, 0.05) is 5.56 Å². The van der Waals surface area contributed by atoms with E-state index in [2.05, 4.69) is 10.3 Å². The molecule has 0 radical (unpaired) electrons. The molecule has 2 unspecified atom stereocenters. The van der Waals surface area contributed by atoms with Crippen LogP contribution in [0.1, 0.15) is 38.7 Å². The second-order valence-corrected chi connectivity index (χ2v) is 8.51. The number of halogens is 1. The molecular weight excluding hydrogens is 415 g/mol. The zero-order valence-corrected chi connectivity index (χ0v) is 18.2. The number of benzene rings is 2. The molecule has 0 saturated heterocycles. The molecule has 0 aromatic heterocycles. The Hall–Kier alpha value is -3.00. The van der Waals surface area contributed by atoms with Crippen molar-refractivity contribution < 1.29 is 14.0 Å². The number of amidine groups is 2. The molecule has 2 heterocycles. The van der Waals surface area contributed by atoms with Crippen LogP contribution >= 0.6 is 11.8 Å². The van der Waals surface area contributed by atoms with E-state index in [9.17, 15) is 14.0 Å². The van der Waals surface area contributed by atoms with Gasteiger partial charge in [0.2, 0.25) is 5.91 Å². The van der Waals surface area contributed by atoms with E-state index in [1.165, 1.54) is 23.9 Å². The molecule has 8 heteroatoms. The van der Waals surface area contributed by atoms with Crippen LogP contribution in [0.5, 0.6) is 0 Å². The lowest BCUT2D eigenvalue weighted by atomic mass is 10.1. The van der Waals surface area contributed by atoms with Crippen molar-refractivity contribution in [3.63, 3.8) is 0 Å². The van der Waals surface area contributed by atoms with Crippen molar-refractivity contribution in [2.75, 3.05) is 5.32 Å². The van der Waals surface area contributed by atoms with Crippen molar-refractivity contribution in [2.45, 2.75) is 44.4 Å². The fourth-order valence-electron chi connectivity index (χ4n) is 3.66.